The van der Waals surface area contributed by atoms with Gasteiger partial charge in [-0.1, -0.05) is 54.6 Å². The topological polar surface area (TPSA) is 114 Å². The van der Waals surface area contributed by atoms with E-state index in [2.05, 4.69) is 75.5 Å². The molecule has 4 aromatic carbocycles. The van der Waals surface area contributed by atoms with Crippen molar-refractivity contribution in [3.63, 3.8) is 0 Å². The van der Waals surface area contributed by atoms with Crippen molar-refractivity contribution in [2.24, 2.45) is 5.92 Å². The Morgan fingerprint density at radius 2 is 1.28 bits per heavy atom. The van der Waals surface area contributed by atoms with Crippen LogP contribution in [0.15, 0.2) is 97.1 Å². The molecule has 4 heterocycles. The first-order valence-corrected chi connectivity index (χ1v) is 19.0. The van der Waals surface area contributed by atoms with Gasteiger partial charge in [-0.2, -0.15) is 0 Å². The van der Waals surface area contributed by atoms with Crippen LogP contribution in [0.3, 0.4) is 0 Å². The Hall–Kier alpha value is -5.74. The predicted molar refractivity (Wildman–Crippen MR) is 209 cm³/mol. The molecule has 3 fully saturated rings. The summed E-state index contributed by atoms with van der Waals surface area (Å²) >= 11 is 0. The summed E-state index contributed by atoms with van der Waals surface area (Å²) in [5.41, 5.74) is 8.50. The molecule has 0 bridgehead atoms. The van der Waals surface area contributed by atoms with Crippen LogP contribution in [-0.4, -0.2) is 90.4 Å². The first-order valence-electron chi connectivity index (χ1n) is 19.0. The predicted octanol–water partition coefficient (Wildman–Crippen LogP) is 5.81. The van der Waals surface area contributed by atoms with Gasteiger partial charge in [-0.15, -0.1) is 0 Å². The van der Waals surface area contributed by atoms with E-state index >= 15 is 0 Å². The molecule has 0 aromatic heterocycles. The van der Waals surface area contributed by atoms with E-state index in [4.69, 9.17) is 0 Å². The van der Waals surface area contributed by atoms with Gasteiger partial charge < -0.3 is 14.9 Å². The lowest BCUT2D eigenvalue weighted by atomic mass is 9.90. The highest BCUT2D eigenvalue weighted by Crippen LogP contribution is 2.35. The van der Waals surface area contributed by atoms with Gasteiger partial charge in [0.15, 0.2) is 0 Å². The largest absolute Gasteiger partial charge is 0.508 e. The summed E-state index contributed by atoms with van der Waals surface area (Å²) in [5, 5.41) is 12.2. The highest BCUT2D eigenvalue weighted by atomic mass is 16.3. The van der Waals surface area contributed by atoms with Crippen molar-refractivity contribution >= 4 is 46.1 Å². The van der Waals surface area contributed by atoms with Crippen molar-refractivity contribution in [2.45, 2.75) is 38.6 Å². The van der Waals surface area contributed by atoms with Crippen LogP contribution in [0.5, 0.6) is 5.75 Å². The van der Waals surface area contributed by atoms with Gasteiger partial charge in [0.1, 0.15) is 11.8 Å². The molecule has 2 N–H and O–H groups in total. The van der Waals surface area contributed by atoms with Crippen LogP contribution in [0.4, 0.5) is 11.4 Å². The third kappa shape index (κ3) is 7.01. The molecule has 1 unspecified atom stereocenters. The van der Waals surface area contributed by atoms with Crippen molar-refractivity contribution in [1.29, 1.82) is 0 Å². The Labute approximate surface area is 315 Å². The van der Waals surface area contributed by atoms with Gasteiger partial charge in [-0.25, -0.2) is 0 Å². The maximum atomic E-state index is 13.3. The second-order valence-electron chi connectivity index (χ2n) is 14.9. The monoisotopic (exact) mass is 723 g/mol. The minimum atomic E-state index is -0.961. The van der Waals surface area contributed by atoms with E-state index < -0.39 is 23.8 Å². The number of phenolic OH excluding ortho intramolecular Hbond substituents is 1. The smallest absolute Gasteiger partial charge is 0.262 e. The first-order chi connectivity index (χ1) is 26.2. The summed E-state index contributed by atoms with van der Waals surface area (Å²) in [5.74, 6) is -1.04. The number of fused-ring (bicyclic) bond motifs is 1. The Morgan fingerprint density at radius 1 is 0.667 bits per heavy atom. The maximum absolute atomic E-state index is 13.3. The van der Waals surface area contributed by atoms with Crippen LogP contribution in [0.25, 0.3) is 11.1 Å². The van der Waals surface area contributed by atoms with Crippen LogP contribution < -0.4 is 15.1 Å². The summed E-state index contributed by atoms with van der Waals surface area (Å²) in [7, 11) is 0. The van der Waals surface area contributed by atoms with Crippen molar-refractivity contribution in [3.05, 3.63) is 125 Å². The summed E-state index contributed by atoms with van der Waals surface area (Å²) in [6.45, 7) is 8.77. The van der Waals surface area contributed by atoms with Gasteiger partial charge >= 0.3 is 0 Å². The average molecular weight is 724 g/mol. The molecule has 1 atom stereocenters. The molecule has 0 saturated carbocycles. The van der Waals surface area contributed by atoms with Gasteiger partial charge in [0.2, 0.25) is 11.8 Å². The highest BCUT2D eigenvalue weighted by Gasteiger charge is 2.44. The first kappa shape index (κ1) is 35.3. The van der Waals surface area contributed by atoms with Crippen molar-refractivity contribution in [1.82, 2.24) is 15.1 Å². The van der Waals surface area contributed by atoms with E-state index in [1.807, 2.05) is 24.3 Å². The van der Waals surface area contributed by atoms with Crippen LogP contribution in [0, 0.1) is 5.92 Å². The number of amides is 4. The summed E-state index contributed by atoms with van der Waals surface area (Å²) in [4.78, 5) is 58.8. The normalized spacial score (nSPS) is 20.2. The molecule has 0 radical (unpaired) electrons. The molecule has 4 aromatic rings. The van der Waals surface area contributed by atoms with E-state index in [-0.39, 0.29) is 24.5 Å². The van der Waals surface area contributed by atoms with Gasteiger partial charge in [-0.3, -0.25) is 34.3 Å². The second kappa shape index (κ2) is 14.9. The minimum Gasteiger partial charge on any atom is -0.508 e. The van der Waals surface area contributed by atoms with E-state index in [1.54, 1.807) is 24.3 Å². The second-order valence-corrected chi connectivity index (χ2v) is 14.9. The van der Waals surface area contributed by atoms with Crippen molar-refractivity contribution < 1.29 is 24.3 Å². The molecule has 0 spiro atoms. The number of anilines is 2. The molecule has 10 heteroatoms. The van der Waals surface area contributed by atoms with E-state index in [0.717, 1.165) is 85.9 Å². The van der Waals surface area contributed by atoms with Crippen LogP contribution in [0.1, 0.15) is 70.0 Å². The maximum Gasteiger partial charge on any atom is 0.262 e. The van der Waals surface area contributed by atoms with Gasteiger partial charge in [0.05, 0.1) is 11.1 Å². The number of rotatable bonds is 8. The molecule has 8 rings (SSSR count). The third-order valence-electron chi connectivity index (χ3n) is 11.6. The number of aromatic hydroxyl groups is 1. The molecular formula is C44H45N5O5. The zero-order valence-electron chi connectivity index (χ0n) is 30.5. The van der Waals surface area contributed by atoms with Gasteiger partial charge in [-0.05, 0) is 102 Å². The average Bonchev–Trinajstić information content (AvgIpc) is 3.44. The molecule has 0 aliphatic carbocycles. The quantitative estimate of drug-likeness (QED) is 0.173. The number of hydrogen-bond acceptors (Lipinski definition) is 8. The molecule has 10 nitrogen and oxygen atoms in total. The number of imide groups is 2. The SMILES string of the molecule is C/C(=C(\c1ccc(O)cc1)c1ccc(N2CCC(CN3CCN(c4ccc5c(c4)C(=O)N(C4CCC(=O)NC4=O)C5=O)CC3)CC2)cc1)c1ccccc1. The Balaban J connectivity index is 0.852. The number of piperidine rings is 2. The van der Waals surface area contributed by atoms with Crippen molar-refractivity contribution in [2.75, 3.05) is 55.6 Å². The lowest BCUT2D eigenvalue weighted by molar-refractivity contribution is -0.136. The zero-order chi connectivity index (χ0) is 37.3. The molecule has 3 saturated heterocycles. The third-order valence-corrected chi connectivity index (χ3v) is 11.6. The summed E-state index contributed by atoms with van der Waals surface area (Å²) in [6, 6.07) is 31.2. The number of nitrogens with one attached hydrogen (secondary N) is 1. The van der Waals surface area contributed by atoms with Crippen molar-refractivity contribution in [3.8, 4) is 5.75 Å². The highest BCUT2D eigenvalue weighted by molar-refractivity contribution is 6.23. The van der Waals surface area contributed by atoms with Gasteiger partial charge in [0.25, 0.3) is 11.8 Å². The fourth-order valence-corrected chi connectivity index (χ4v) is 8.48. The number of carbonyl (C=O) groups excluding carboxylic acids is 4. The number of nitrogens with zero attached hydrogens (tertiary/aromatic N) is 4. The molecule has 276 valence electrons. The number of benzene rings is 4. The standard InChI is InChI=1S/C44H45N5O5/c1-29(31-5-3-2-4-6-31)41(33-9-14-36(50)15-10-33)32-7-11-34(12-8-32)47-21-19-30(20-22-47)28-46-23-25-48(26-24-46)35-13-16-37-38(27-35)44(54)49(43(37)53)39-17-18-40(51)45-42(39)52/h2-16,27,30,39,50H,17-26,28H2,1H3,(H,45,51,52)/b41-29+. The molecule has 4 amide bonds. The van der Waals surface area contributed by atoms with Crippen LogP contribution in [-0.2, 0) is 9.59 Å². The number of phenols is 1. The number of carbonyl (C=O) groups is 4. The molecule has 4 aliphatic rings. The lowest BCUT2D eigenvalue weighted by Gasteiger charge is -2.40. The Bertz CT molecular complexity index is 2100. The Morgan fingerprint density at radius 3 is 1.94 bits per heavy atom. The van der Waals surface area contributed by atoms with Gasteiger partial charge in [0, 0.05) is 63.6 Å². The molecule has 54 heavy (non-hydrogen) atoms. The number of piperazine rings is 1. The van der Waals surface area contributed by atoms with E-state index in [9.17, 15) is 24.3 Å². The summed E-state index contributed by atoms with van der Waals surface area (Å²) in [6.07, 6.45) is 2.52. The fraction of sp³-hybridized carbons (Fsp3) is 0.318. The lowest BCUT2D eigenvalue weighted by Crippen LogP contribution is -2.54. The summed E-state index contributed by atoms with van der Waals surface area (Å²) < 4.78 is 0. The van der Waals surface area contributed by atoms with E-state index in [1.165, 1.54) is 16.8 Å². The molecular weight excluding hydrogens is 679 g/mol. The molecule has 4 aliphatic heterocycles. The Kier molecular flexibility index (Phi) is 9.77. The minimum absolute atomic E-state index is 0.102. The zero-order valence-corrected chi connectivity index (χ0v) is 30.5. The number of hydrogen-bond donors (Lipinski definition) is 2. The van der Waals surface area contributed by atoms with E-state index in [0.29, 0.717) is 17.0 Å². The van der Waals surface area contributed by atoms with Crippen LogP contribution in [0.2, 0.25) is 0 Å². The van der Waals surface area contributed by atoms with Crippen LogP contribution >= 0.6 is 0 Å². The fourth-order valence-electron chi connectivity index (χ4n) is 8.48. The number of allylic oxidation sites excluding steroid dienone is 1.